The Morgan fingerprint density at radius 1 is 1.75 bits per heavy atom. The zero-order chi connectivity index (χ0) is 5.82. The van der Waals surface area contributed by atoms with Crippen molar-refractivity contribution >= 4 is 11.6 Å². The van der Waals surface area contributed by atoms with E-state index in [1.165, 1.54) is 0 Å². The summed E-state index contributed by atoms with van der Waals surface area (Å²) in [5, 5.41) is 0. The Balaban J connectivity index is 1.74. The summed E-state index contributed by atoms with van der Waals surface area (Å²) in [4.78, 5) is 0. The van der Waals surface area contributed by atoms with Gasteiger partial charge in [-0.05, 0) is 6.42 Å². The highest BCUT2D eigenvalue weighted by Crippen LogP contribution is 2.09. The molecular formula is C5H9ClO2. The van der Waals surface area contributed by atoms with Crippen LogP contribution < -0.4 is 0 Å². The largest absolute Gasteiger partial charge is 0.350 e. The van der Waals surface area contributed by atoms with Gasteiger partial charge in [-0.25, -0.2) is 0 Å². The quantitative estimate of drug-likeness (QED) is 0.327. The molecule has 0 aromatic rings. The van der Waals surface area contributed by atoms with Crippen LogP contribution in [-0.2, 0) is 9.47 Å². The van der Waals surface area contributed by atoms with Gasteiger partial charge in [-0.15, -0.1) is 11.6 Å². The lowest BCUT2D eigenvalue weighted by Crippen LogP contribution is -1.97. The molecule has 1 unspecified atom stereocenters. The van der Waals surface area contributed by atoms with Crippen molar-refractivity contribution in [1.29, 1.82) is 0 Å². The molecule has 1 atom stereocenters. The molecule has 1 fully saturated rings. The van der Waals surface area contributed by atoms with Crippen molar-refractivity contribution in [1.82, 2.24) is 0 Å². The Labute approximate surface area is 53.7 Å². The summed E-state index contributed by atoms with van der Waals surface area (Å²) in [6, 6.07) is 0. The van der Waals surface area contributed by atoms with E-state index >= 15 is 0 Å². The van der Waals surface area contributed by atoms with Crippen LogP contribution in [0.4, 0.5) is 0 Å². The summed E-state index contributed by atoms with van der Waals surface area (Å²) >= 11 is 5.38. The van der Waals surface area contributed by atoms with Gasteiger partial charge in [0.25, 0.3) is 0 Å². The molecule has 0 aliphatic carbocycles. The van der Waals surface area contributed by atoms with Gasteiger partial charge in [0.15, 0.2) is 6.29 Å². The number of alkyl halides is 1. The maximum Gasteiger partial charge on any atom is 0.181 e. The predicted molar refractivity (Wildman–Crippen MR) is 31.0 cm³/mol. The third-order valence-electron chi connectivity index (χ3n) is 0.884. The predicted octanol–water partition coefficient (Wildman–Crippen LogP) is 0.988. The second-order valence-corrected chi connectivity index (χ2v) is 2.05. The van der Waals surface area contributed by atoms with E-state index in [-0.39, 0.29) is 6.29 Å². The summed E-state index contributed by atoms with van der Waals surface area (Å²) in [7, 11) is 0. The number of hydrogen-bond acceptors (Lipinski definition) is 2. The van der Waals surface area contributed by atoms with Crippen LogP contribution in [0.15, 0.2) is 0 Å². The van der Waals surface area contributed by atoms with Crippen molar-refractivity contribution in [3.63, 3.8) is 0 Å². The number of ether oxygens (including phenoxy) is 2. The van der Waals surface area contributed by atoms with E-state index in [9.17, 15) is 0 Å². The van der Waals surface area contributed by atoms with Gasteiger partial charge < -0.3 is 9.47 Å². The normalized spacial score (nSPS) is 25.9. The maximum atomic E-state index is 5.38. The minimum atomic E-state index is 0.0956. The molecule has 48 valence electrons. The Morgan fingerprint density at radius 3 is 3.00 bits per heavy atom. The number of halogens is 1. The van der Waals surface area contributed by atoms with E-state index < -0.39 is 0 Å². The number of hydrogen-bond donors (Lipinski definition) is 0. The standard InChI is InChI=1S/C5H9ClO2/c6-2-1-3-7-5-4-8-5/h5H,1-4H2. The highest BCUT2D eigenvalue weighted by atomic mass is 35.5. The molecule has 1 aliphatic heterocycles. The summed E-state index contributed by atoms with van der Waals surface area (Å²) < 4.78 is 9.88. The first-order valence-corrected chi connectivity index (χ1v) is 3.26. The highest BCUT2D eigenvalue weighted by Gasteiger charge is 2.22. The molecule has 0 radical (unpaired) electrons. The third kappa shape index (κ3) is 2.50. The lowest BCUT2D eigenvalue weighted by Gasteiger charge is -1.93. The lowest BCUT2D eigenvalue weighted by atomic mass is 10.5. The second-order valence-electron chi connectivity index (χ2n) is 1.68. The fraction of sp³-hybridized carbons (Fsp3) is 1.00. The summed E-state index contributed by atoms with van der Waals surface area (Å²) in [5.74, 6) is 0.673. The fourth-order valence-electron chi connectivity index (χ4n) is 0.405. The molecule has 1 aliphatic rings. The van der Waals surface area contributed by atoms with Gasteiger partial charge in [-0.3, -0.25) is 0 Å². The van der Waals surface area contributed by atoms with Gasteiger partial charge in [-0.1, -0.05) is 0 Å². The fourth-order valence-corrected chi connectivity index (χ4v) is 0.514. The van der Waals surface area contributed by atoms with Crippen LogP contribution >= 0.6 is 11.6 Å². The molecule has 0 N–H and O–H groups in total. The zero-order valence-corrected chi connectivity index (χ0v) is 5.36. The molecule has 2 nitrogen and oxygen atoms in total. The van der Waals surface area contributed by atoms with E-state index in [1.807, 2.05) is 0 Å². The lowest BCUT2D eigenvalue weighted by molar-refractivity contribution is 0.0511. The first-order chi connectivity index (χ1) is 3.93. The summed E-state index contributed by atoms with van der Waals surface area (Å²) in [6.07, 6.45) is 1.01. The van der Waals surface area contributed by atoms with E-state index in [4.69, 9.17) is 21.1 Å². The van der Waals surface area contributed by atoms with E-state index in [2.05, 4.69) is 0 Å². The minimum absolute atomic E-state index is 0.0956. The Kier molecular flexibility index (Phi) is 2.59. The van der Waals surface area contributed by atoms with Gasteiger partial charge in [-0.2, -0.15) is 0 Å². The van der Waals surface area contributed by atoms with Crippen LogP contribution in [-0.4, -0.2) is 25.4 Å². The molecule has 1 heterocycles. The Bertz CT molecular complexity index is 63.4. The number of epoxide rings is 1. The number of rotatable bonds is 4. The van der Waals surface area contributed by atoms with Crippen molar-refractivity contribution in [3.05, 3.63) is 0 Å². The zero-order valence-electron chi connectivity index (χ0n) is 4.60. The molecule has 0 amide bonds. The third-order valence-corrected chi connectivity index (χ3v) is 1.15. The minimum Gasteiger partial charge on any atom is -0.350 e. The monoisotopic (exact) mass is 136 g/mol. The van der Waals surface area contributed by atoms with Crippen LogP contribution in [0.3, 0.4) is 0 Å². The molecule has 1 saturated heterocycles. The summed E-state index contributed by atoms with van der Waals surface area (Å²) in [5.41, 5.74) is 0. The first kappa shape index (κ1) is 6.33. The smallest absolute Gasteiger partial charge is 0.181 e. The molecule has 0 saturated carbocycles. The SMILES string of the molecule is ClCCCOC1CO1. The molecule has 0 aromatic carbocycles. The van der Waals surface area contributed by atoms with Crippen molar-refractivity contribution in [2.75, 3.05) is 19.1 Å². The molecule has 0 spiro atoms. The van der Waals surface area contributed by atoms with Crippen LogP contribution in [0.5, 0.6) is 0 Å². The first-order valence-electron chi connectivity index (χ1n) is 2.72. The molecule has 1 rings (SSSR count). The maximum absolute atomic E-state index is 5.38. The summed E-state index contributed by atoms with van der Waals surface area (Å²) in [6.45, 7) is 1.50. The van der Waals surface area contributed by atoms with Crippen molar-refractivity contribution < 1.29 is 9.47 Å². The van der Waals surface area contributed by atoms with Crippen LogP contribution in [0.2, 0.25) is 0 Å². The molecular weight excluding hydrogens is 128 g/mol. The van der Waals surface area contributed by atoms with Gasteiger partial charge in [0.2, 0.25) is 0 Å². The topological polar surface area (TPSA) is 21.8 Å². The van der Waals surface area contributed by atoms with Crippen molar-refractivity contribution in [3.8, 4) is 0 Å². The Morgan fingerprint density at radius 2 is 2.50 bits per heavy atom. The average molecular weight is 137 g/mol. The Hall–Kier alpha value is 0.210. The van der Waals surface area contributed by atoms with E-state index in [0.717, 1.165) is 19.6 Å². The van der Waals surface area contributed by atoms with Gasteiger partial charge in [0.1, 0.15) is 6.61 Å². The highest BCUT2D eigenvalue weighted by molar-refractivity contribution is 6.17. The van der Waals surface area contributed by atoms with Crippen LogP contribution in [0, 0.1) is 0 Å². The van der Waals surface area contributed by atoms with Crippen molar-refractivity contribution in [2.24, 2.45) is 0 Å². The molecule has 0 bridgehead atoms. The van der Waals surface area contributed by atoms with Gasteiger partial charge >= 0.3 is 0 Å². The second kappa shape index (κ2) is 3.28. The molecule has 8 heavy (non-hydrogen) atoms. The van der Waals surface area contributed by atoms with Crippen LogP contribution in [0.25, 0.3) is 0 Å². The van der Waals surface area contributed by atoms with Crippen molar-refractivity contribution in [2.45, 2.75) is 12.7 Å². The molecule has 3 heteroatoms. The van der Waals surface area contributed by atoms with Crippen LogP contribution in [0.1, 0.15) is 6.42 Å². The van der Waals surface area contributed by atoms with Gasteiger partial charge in [0.05, 0.1) is 6.61 Å². The van der Waals surface area contributed by atoms with Gasteiger partial charge in [0, 0.05) is 5.88 Å². The molecule has 0 aromatic heterocycles. The van der Waals surface area contributed by atoms with E-state index in [0.29, 0.717) is 5.88 Å². The average Bonchev–Trinajstić information content (AvgIpc) is 2.51. The van der Waals surface area contributed by atoms with E-state index in [1.54, 1.807) is 0 Å².